The van der Waals surface area contributed by atoms with Crippen molar-refractivity contribution in [2.24, 2.45) is 0 Å². The molecular weight excluding hydrogens is 382 g/mol. The third-order valence-corrected chi connectivity index (χ3v) is 5.53. The first kappa shape index (κ1) is 29.3. The average molecular weight is 432 g/mol. The summed E-state index contributed by atoms with van der Waals surface area (Å²) in [6, 6.07) is -1.04. The van der Waals surface area contributed by atoms with Gasteiger partial charge in [0.2, 0.25) is 0 Å². The van der Waals surface area contributed by atoms with Gasteiger partial charge in [-0.15, -0.1) is 0 Å². The van der Waals surface area contributed by atoms with Gasteiger partial charge in [-0.1, -0.05) is 103 Å². The molecule has 0 aliphatic heterocycles. The van der Waals surface area contributed by atoms with Gasteiger partial charge in [0.15, 0.2) is 0 Å². The van der Waals surface area contributed by atoms with Gasteiger partial charge in [-0.25, -0.2) is 0 Å². The first-order chi connectivity index (χ1) is 14.6. The number of hydrogen-bond donors (Lipinski definition) is 4. The maximum atomic E-state index is 10.7. The van der Waals surface area contributed by atoms with Gasteiger partial charge in [0.05, 0.1) is 19.3 Å². The monoisotopic (exact) mass is 431 g/mol. The molecule has 0 aromatic heterocycles. The SMILES string of the molecule is CCCCCCCCCCCCCCCCCCOCC(O)CNC(CO)C(=O)O. The minimum absolute atomic E-state index is 0.0937. The third kappa shape index (κ3) is 20.6. The zero-order valence-electron chi connectivity index (χ0n) is 19.5. The number of aliphatic carboxylic acids is 1. The van der Waals surface area contributed by atoms with Crippen LogP contribution in [-0.4, -0.2) is 59.8 Å². The van der Waals surface area contributed by atoms with E-state index >= 15 is 0 Å². The van der Waals surface area contributed by atoms with Gasteiger partial charge in [0.25, 0.3) is 0 Å². The van der Waals surface area contributed by atoms with Crippen LogP contribution in [0.25, 0.3) is 0 Å². The molecule has 0 aliphatic rings. The average Bonchev–Trinajstić information content (AvgIpc) is 2.73. The molecule has 0 heterocycles. The summed E-state index contributed by atoms with van der Waals surface area (Å²) in [5.41, 5.74) is 0. The summed E-state index contributed by atoms with van der Waals surface area (Å²) in [4.78, 5) is 10.7. The molecule has 2 atom stereocenters. The quantitative estimate of drug-likeness (QED) is 0.166. The number of ether oxygens (including phenoxy) is 1. The predicted molar refractivity (Wildman–Crippen MR) is 123 cm³/mol. The fraction of sp³-hybridized carbons (Fsp3) is 0.958. The van der Waals surface area contributed by atoms with E-state index in [0.29, 0.717) is 6.61 Å². The normalized spacial score (nSPS) is 13.4. The van der Waals surface area contributed by atoms with Crippen molar-refractivity contribution >= 4 is 5.97 Å². The second kappa shape index (κ2) is 23.0. The summed E-state index contributed by atoms with van der Waals surface area (Å²) in [5.74, 6) is -1.13. The maximum absolute atomic E-state index is 10.7. The van der Waals surface area contributed by atoms with Crippen molar-refractivity contribution in [2.45, 2.75) is 122 Å². The van der Waals surface area contributed by atoms with Crippen LogP contribution in [0.1, 0.15) is 110 Å². The lowest BCUT2D eigenvalue weighted by atomic mass is 10.0. The molecule has 0 aromatic carbocycles. The molecule has 0 radical (unpaired) electrons. The van der Waals surface area contributed by atoms with Gasteiger partial charge in [-0.2, -0.15) is 0 Å². The number of rotatable bonds is 24. The highest BCUT2D eigenvalue weighted by atomic mass is 16.5. The molecule has 180 valence electrons. The van der Waals surface area contributed by atoms with Gasteiger partial charge < -0.3 is 20.1 Å². The lowest BCUT2D eigenvalue weighted by Crippen LogP contribution is -2.44. The van der Waals surface area contributed by atoms with Gasteiger partial charge in [0, 0.05) is 13.2 Å². The van der Waals surface area contributed by atoms with Crippen LogP contribution in [0.5, 0.6) is 0 Å². The van der Waals surface area contributed by atoms with Gasteiger partial charge >= 0.3 is 5.97 Å². The zero-order chi connectivity index (χ0) is 22.3. The largest absolute Gasteiger partial charge is 0.480 e. The van der Waals surface area contributed by atoms with Gasteiger partial charge in [-0.3, -0.25) is 10.1 Å². The molecule has 0 aromatic rings. The zero-order valence-corrected chi connectivity index (χ0v) is 19.5. The van der Waals surface area contributed by atoms with Crippen molar-refractivity contribution in [1.29, 1.82) is 0 Å². The van der Waals surface area contributed by atoms with E-state index in [-0.39, 0.29) is 13.2 Å². The Bertz CT molecular complexity index is 368. The molecule has 0 amide bonds. The highest BCUT2D eigenvalue weighted by Gasteiger charge is 2.16. The van der Waals surface area contributed by atoms with Crippen molar-refractivity contribution in [3.05, 3.63) is 0 Å². The van der Waals surface area contributed by atoms with E-state index in [2.05, 4.69) is 12.2 Å². The standard InChI is InChI=1S/C24H49NO5/c1-2-3-4-5-6-7-8-9-10-11-12-13-14-15-16-17-18-30-21-22(27)19-25-23(20-26)24(28)29/h22-23,25-27H,2-21H2,1H3,(H,28,29). The second-order valence-corrected chi connectivity index (χ2v) is 8.51. The molecule has 0 fully saturated rings. The Balaban J connectivity index is 3.21. The number of aliphatic hydroxyl groups excluding tert-OH is 2. The van der Waals surface area contributed by atoms with Crippen molar-refractivity contribution in [2.75, 3.05) is 26.4 Å². The lowest BCUT2D eigenvalue weighted by molar-refractivity contribution is -0.140. The van der Waals surface area contributed by atoms with Gasteiger partial charge in [0.1, 0.15) is 6.04 Å². The Kier molecular flexibility index (Phi) is 22.5. The first-order valence-electron chi connectivity index (χ1n) is 12.4. The number of aliphatic hydroxyl groups is 2. The Labute approximate surface area is 184 Å². The van der Waals surface area contributed by atoms with Crippen molar-refractivity contribution in [3.63, 3.8) is 0 Å². The maximum Gasteiger partial charge on any atom is 0.323 e. The number of nitrogens with one attached hydrogen (secondary N) is 1. The van der Waals surface area contributed by atoms with Crippen LogP contribution in [0.3, 0.4) is 0 Å². The molecule has 0 saturated carbocycles. The second-order valence-electron chi connectivity index (χ2n) is 8.51. The van der Waals surface area contributed by atoms with E-state index < -0.39 is 24.7 Å². The Morgan fingerprint density at radius 3 is 1.63 bits per heavy atom. The molecule has 4 N–H and O–H groups in total. The molecule has 0 aliphatic carbocycles. The van der Waals surface area contributed by atoms with Crippen molar-refractivity contribution in [1.82, 2.24) is 5.32 Å². The van der Waals surface area contributed by atoms with E-state index in [1.54, 1.807) is 0 Å². The highest BCUT2D eigenvalue weighted by Crippen LogP contribution is 2.13. The molecular formula is C24H49NO5. The van der Waals surface area contributed by atoms with Crippen LogP contribution in [-0.2, 0) is 9.53 Å². The molecule has 30 heavy (non-hydrogen) atoms. The number of carboxylic acid groups (broad SMARTS) is 1. The van der Waals surface area contributed by atoms with Crippen LogP contribution in [0.4, 0.5) is 0 Å². The topological polar surface area (TPSA) is 99.0 Å². The minimum atomic E-state index is -1.13. The Morgan fingerprint density at radius 2 is 1.23 bits per heavy atom. The van der Waals surface area contributed by atoms with Crippen molar-refractivity contribution < 1.29 is 24.9 Å². The summed E-state index contributed by atoms with van der Waals surface area (Å²) in [5, 5.41) is 30.0. The summed E-state index contributed by atoms with van der Waals surface area (Å²) in [6.45, 7) is 2.67. The van der Waals surface area contributed by atoms with Crippen molar-refractivity contribution in [3.8, 4) is 0 Å². The number of unbranched alkanes of at least 4 members (excludes halogenated alkanes) is 15. The van der Waals surface area contributed by atoms with Crippen LogP contribution >= 0.6 is 0 Å². The number of carbonyl (C=O) groups is 1. The van der Waals surface area contributed by atoms with Crippen LogP contribution in [0.15, 0.2) is 0 Å². The molecule has 0 rings (SSSR count). The Hall–Kier alpha value is -0.690. The molecule has 0 bridgehead atoms. The third-order valence-electron chi connectivity index (χ3n) is 5.53. The van der Waals surface area contributed by atoms with Crippen LogP contribution in [0, 0.1) is 0 Å². The Morgan fingerprint density at radius 1 is 0.800 bits per heavy atom. The first-order valence-corrected chi connectivity index (χ1v) is 12.4. The highest BCUT2D eigenvalue weighted by molar-refractivity contribution is 5.73. The summed E-state index contributed by atoms with van der Waals surface area (Å²) < 4.78 is 5.44. The van der Waals surface area contributed by atoms with E-state index in [9.17, 15) is 9.90 Å². The molecule has 6 heteroatoms. The van der Waals surface area contributed by atoms with E-state index in [4.69, 9.17) is 14.9 Å². The molecule has 0 spiro atoms. The van der Waals surface area contributed by atoms with E-state index in [1.165, 1.54) is 89.9 Å². The number of hydrogen-bond acceptors (Lipinski definition) is 5. The predicted octanol–water partition coefficient (Wildman–Crippen LogP) is 4.66. The van der Waals surface area contributed by atoms with Crippen LogP contribution < -0.4 is 5.32 Å². The van der Waals surface area contributed by atoms with E-state index in [1.807, 2.05) is 0 Å². The fourth-order valence-electron chi connectivity index (χ4n) is 3.54. The number of carboxylic acids is 1. The smallest absolute Gasteiger partial charge is 0.323 e. The van der Waals surface area contributed by atoms with Crippen LogP contribution in [0.2, 0.25) is 0 Å². The summed E-state index contributed by atoms with van der Waals surface area (Å²) >= 11 is 0. The van der Waals surface area contributed by atoms with Gasteiger partial charge in [-0.05, 0) is 6.42 Å². The molecule has 0 saturated heterocycles. The minimum Gasteiger partial charge on any atom is -0.480 e. The molecule has 2 unspecified atom stereocenters. The molecule has 6 nitrogen and oxygen atoms in total. The summed E-state index contributed by atoms with van der Waals surface area (Å²) in [7, 11) is 0. The lowest BCUT2D eigenvalue weighted by Gasteiger charge is -2.15. The summed E-state index contributed by atoms with van der Waals surface area (Å²) in [6.07, 6.45) is 20.6. The van der Waals surface area contributed by atoms with E-state index in [0.717, 1.165) is 12.8 Å². The fourth-order valence-corrected chi connectivity index (χ4v) is 3.54.